The Bertz CT molecular complexity index is 783. The molecule has 0 aliphatic carbocycles. The summed E-state index contributed by atoms with van der Waals surface area (Å²) in [4.78, 5) is 12.7. The fourth-order valence-corrected chi connectivity index (χ4v) is 3.32. The molecule has 2 N–H and O–H groups in total. The maximum Gasteiger partial charge on any atom is 0.417 e. The molecule has 0 atom stereocenters. The summed E-state index contributed by atoms with van der Waals surface area (Å²) in [5.41, 5.74) is 4.84. The Morgan fingerprint density at radius 2 is 1.95 bits per heavy atom. The van der Waals surface area contributed by atoms with Crippen LogP contribution in [-0.2, 0) is 6.18 Å². The molecule has 0 aromatic carbocycles. The van der Waals surface area contributed by atoms with E-state index in [1.54, 1.807) is 0 Å². The number of nitrogens with zero attached hydrogens (tertiary/aromatic N) is 3. The van der Waals surface area contributed by atoms with Crippen molar-refractivity contribution in [2.45, 2.75) is 16.2 Å². The van der Waals surface area contributed by atoms with Gasteiger partial charge >= 0.3 is 6.18 Å². The molecule has 0 saturated heterocycles. The number of nitrogens with two attached hydrogens (primary N) is 1. The van der Waals surface area contributed by atoms with E-state index >= 15 is 0 Å². The van der Waals surface area contributed by atoms with Gasteiger partial charge in [-0.2, -0.15) is 13.2 Å². The van der Waals surface area contributed by atoms with Crippen molar-refractivity contribution < 1.29 is 13.2 Å². The largest absolute Gasteiger partial charge is 0.417 e. The first-order valence-electron chi connectivity index (χ1n) is 5.65. The molecule has 0 bridgehead atoms. The number of rotatable bonds is 2. The second-order valence-electron chi connectivity index (χ2n) is 4.01. The molecular formula is C12H7F3N4S2. The van der Waals surface area contributed by atoms with E-state index in [-0.39, 0.29) is 5.95 Å². The second kappa shape index (κ2) is 5.15. The molecule has 21 heavy (non-hydrogen) atoms. The zero-order valence-electron chi connectivity index (χ0n) is 10.3. The third kappa shape index (κ3) is 2.93. The number of alkyl halides is 3. The highest BCUT2D eigenvalue weighted by Gasteiger charge is 2.30. The van der Waals surface area contributed by atoms with E-state index in [1.165, 1.54) is 17.4 Å². The molecule has 3 aromatic rings. The lowest BCUT2D eigenvalue weighted by Crippen LogP contribution is -2.05. The van der Waals surface area contributed by atoms with Crippen molar-refractivity contribution in [3.8, 4) is 0 Å². The first kappa shape index (κ1) is 14.1. The van der Waals surface area contributed by atoms with Crippen LogP contribution in [0.3, 0.4) is 0 Å². The summed E-state index contributed by atoms with van der Waals surface area (Å²) in [6, 6.07) is 4.14. The molecule has 3 aromatic heterocycles. The fraction of sp³-hybridized carbons (Fsp3) is 0.0833. The summed E-state index contributed by atoms with van der Waals surface area (Å²) < 4.78 is 37.5. The van der Waals surface area contributed by atoms with Crippen LogP contribution in [0.15, 0.2) is 39.8 Å². The van der Waals surface area contributed by atoms with E-state index in [4.69, 9.17) is 5.73 Å². The van der Waals surface area contributed by atoms with Crippen LogP contribution in [0.25, 0.3) is 10.2 Å². The maximum absolute atomic E-state index is 12.5. The van der Waals surface area contributed by atoms with E-state index in [2.05, 4.69) is 15.0 Å². The lowest BCUT2D eigenvalue weighted by molar-refractivity contribution is -0.137. The number of nitrogen functional groups attached to an aromatic ring is 1. The number of pyridine rings is 1. The van der Waals surface area contributed by atoms with Gasteiger partial charge in [-0.05, 0) is 35.3 Å². The van der Waals surface area contributed by atoms with E-state index in [9.17, 15) is 13.2 Å². The van der Waals surface area contributed by atoms with Gasteiger partial charge in [0.15, 0.2) is 0 Å². The molecular weight excluding hydrogens is 321 g/mol. The summed E-state index contributed by atoms with van der Waals surface area (Å²) in [6.07, 6.45) is -3.59. The normalized spacial score (nSPS) is 12.0. The lowest BCUT2D eigenvalue weighted by Gasteiger charge is -2.07. The fourth-order valence-electron chi connectivity index (χ4n) is 1.63. The molecule has 0 amide bonds. The first-order chi connectivity index (χ1) is 9.93. The predicted octanol–water partition coefficient (Wildman–Crippen LogP) is 3.84. The van der Waals surface area contributed by atoms with Gasteiger partial charge in [0.1, 0.15) is 14.9 Å². The number of hydrogen-bond acceptors (Lipinski definition) is 6. The van der Waals surface area contributed by atoms with Crippen LogP contribution in [0.4, 0.5) is 19.1 Å². The highest BCUT2D eigenvalue weighted by molar-refractivity contribution is 7.99. The van der Waals surface area contributed by atoms with Crippen molar-refractivity contribution in [2.75, 3.05) is 5.73 Å². The van der Waals surface area contributed by atoms with E-state index in [0.29, 0.717) is 10.1 Å². The molecule has 0 unspecified atom stereocenters. The minimum atomic E-state index is -4.39. The summed E-state index contributed by atoms with van der Waals surface area (Å²) in [7, 11) is 0. The van der Waals surface area contributed by atoms with Gasteiger partial charge in [0.05, 0.1) is 5.56 Å². The van der Waals surface area contributed by atoms with E-state index < -0.39 is 11.7 Å². The predicted molar refractivity (Wildman–Crippen MR) is 75.2 cm³/mol. The SMILES string of the molecule is Nc1nc(Sc2ccc(C(F)(F)F)cn2)c2ccsc2n1. The van der Waals surface area contributed by atoms with Crippen LogP contribution in [0.1, 0.15) is 5.56 Å². The molecule has 0 spiro atoms. The molecule has 0 fully saturated rings. The number of hydrogen-bond donors (Lipinski definition) is 1. The molecule has 9 heteroatoms. The maximum atomic E-state index is 12.5. The molecule has 108 valence electrons. The summed E-state index contributed by atoms with van der Waals surface area (Å²) in [6.45, 7) is 0. The van der Waals surface area contributed by atoms with Gasteiger partial charge in [0.2, 0.25) is 5.95 Å². The Balaban J connectivity index is 1.93. The lowest BCUT2D eigenvalue weighted by atomic mass is 10.3. The number of aromatic nitrogens is 3. The van der Waals surface area contributed by atoms with Crippen molar-refractivity contribution in [3.05, 3.63) is 35.3 Å². The molecule has 0 aliphatic rings. The standard InChI is InChI=1S/C12H7F3N4S2/c13-12(14,15)6-1-2-8(17-5-6)21-10-7-3-4-20-9(7)18-11(16)19-10/h1-5H,(H2,16,18,19). The van der Waals surface area contributed by atoms with Crippen LogP contribution < -0.4 is 5.73 Å². The third-order valence-electron chi connectivity index (χ3n) is 2.57. The van der Waals surface area contributed by atoms with Crippen molar-refractivity contribution in [2.24, 2.45) is 0 Å². The monoisotopic (exact) mass is 328 g/mol. The van der Waals surface area contributed by atoms with Crippen LogP contribution in [0.5, 0.6) is 0 Å². The minimum Gasteiger partial charge on any atom is -0.368 e. The quantitative estimate of drug-likeness (QED) is 0.724. The van der Waals surface area contributed by atoms with Gasteiger partial charge in [-0.3, -0.25) is 0 Å². The number of anilines is 1. The van der Waals surface area contributed by atoms with Gasteiger partial charge in [0.25, 0.3) is 0 Å². The average Bonchev–Trinajstić information content (AvgIpc) is 2.86. The van der Waals surface area contributed by atoms with Crippen molar-refractivity contribution >= 4 is 39.3 Å². The van der Waals surface area contributed by atoms with Crippen LogP contribution in [0, 0.1) is 0 Å². The third-order valence-corrected chi connectivity index (χ3v) is 4.33. The Labute approximate surface area is 125 Å². The smallest absolute Gasteiger partial charge is 0.368 e. The average molecular weight is 328 g/mol. The number of halogens is 3. The van der Waals surface area contributed by atoms with Gasteiger partial charge < -0.3 is 5.73 Å². The zero-order valence-corrected chi connectivity index (χ0v) is 11.9. The topological polar surface area (TPSA) is 64.7 Å². The number of thiophene rings is 1. The van der Waals surface area contributed by atoms with Crippen molar-refractivity contribution in [1.29, 1.82) is 0 Å². The van der Waals surface area contributed by atoms with Gasteiger partial charge in [-0.15, -0.1) is 11.3 Å². The van der Waals surface area contributed by atoms with Gasteiger partial charge in [-0.25, -0.2) is 15.0 Å². The molecule has 0 saturated carbocycles. The van der Waals surface area contributed by atoms with Gasteiger partial charge in [0, 0.05) is 11.6 Å². The number of fused-ring (bicyclic) bond motifs is 1. The molecule has 0 aliphatic heterocycles. The molecule has 3 heterocycles. The molecule has 3 rings (SSSR count). The van der Waals surface area contributed by atoms with E-state index in [1.807, 2.05) is 11.4 Å². The molecule has 4 nitrogen and oxygen atoms in total. The van der Waals surface area contributed by atoms with Crippen LogP contribution in [0.2, 0.25) is 0 Å². The van der Waals surface area contributed by atoms with Crippen molar-refractivity contribution in [1.82, 2.24) is 15.0 Å². The summed E-state index contributed by atoms with van der Waals surface area (Å²) in [5.74, 6) is 0.124. The van der Waals surface area contributed by atoms with Crippen LogP contribution in [-0.4, -0.2) is 15.0 Å². The first-order valence-corrected chi connectivity index (χ1v) is 7.35. The molecule has 0 radical (unpaired) electrons. The van der Waals surface area contributed by atoms with E-state index in [0.717, 1.165) is 34.2 Å². The highest BCUT2D eigenvalue weighted by atomic mass is 32.2. The second-order valence-corrected chi connectivity index (χ2v) is 5.91. The Morgan fingerprint density at radius 3 is 2.62 bits per heavy atom. The summed E-state index contributed by atoms with van der Waals surface area (Å²) in [5, 5.41) is 3.64. The highest BCUT2D eigenvalue weighted by Crippen LogP contribution is 2.34. The van der Waals surface area contributed by atoms with Crippen molar-refractivity contribution in [3.63, 3.8) is 0 Å². The van der Waals surface area contributed by atoms with Gasteiger partial charge in [-0.1, -0.05) is 0 Å². The van der Waals surface area contributed by atoms with Crippen LogP contribution >= 0.6 is 23.1 Å². The zero-order chi connectivity index (χ0) is 15.0. The summed E-state index contributed by atoms with van der Waals surface area (Å²) >= 11 is 2.57. The minimum absolute atomic E-state index is 0.124. The Kier molecular flexibility index (Phi) is 3.46. The Hall–Kier alpha value is -1.87. The Morgan fingerprint density at radius 1 is 1.14 bits per heavy atom.